The average Bonchev–Trinajstić information content (AvgIpc) is 3.04. The SMILES string of the molecule is O=C(NC1CCCC1)c1cc(Br)cn(Cc2ccccc2)c1=O. The summed E-state index contributed by atoms with van der Waals surface area (Å²) in [7, 11) is 0. The van der Waals surface area contributed by atoms with Gasteiger partial charge in [-0.05, 0) is 40.4 Å². The van der Waals surface area contributed by atoms with Crippen molar-refractivity contribution >= 4 is 21.8 Å². The minimum Gasteiger partial charge on any atom is -0.349 e. The minimum atomic E-state index is -0.273. The molecule has 1 N–H and O–H groups in total. The maximum Gasteiger partial charge on any atom is 0.263 e. The summed E-state index contributed by atoms with van der Waals surface area (Å²) in [6.45, 7) is 0.447. The van der Waals surface area contributed by atoms with E-state index in [0.29, 0.717) is 6.54 Å². The standard InChI is InChI=1S/C18H19BrN2O2/c19-14-10-16(17(22)20-15-8-4-5-9-15)18(23)21(12-14)11-13-6-2-1-3-7-13/h1-3,6-7,10,12,15H,4-5,8-9,11H2,(H,20,22). The van der Waals surface area contributed by atoms with Gasteiger partial charge in [0.1, 0.15) is 5.56 Å². The highest BCUT2D eigenvalue weighted by Gasteiger charge is 2.20. The zero-order valence-electron chi connectivity index (χ0n) is 12.8. The smallest absolute Gasteiger partial charge is 0.263 e. The Kier molecular flexibility index (Phi) is 4.96. The summed E-state index contributed by atoms with van der Waals surface area (Å²) < 4.78 is 2.30. The first-order chi connectivity index (χ1) is 11.1. The summed E-state index contributed by atoms with van der Waals surface area (Å²) in [5, 5.41) is 2.98. The van der Waals surface area contributed by atoms with Gasteiger partial charge in [0.15, 0.2) is 0 Å². The number of nitrogens with zero attached hydrogens (tertiary/aromatic N) is 1. The normalized spacial score (nSPS) is 14.8. The van der Waals surface area contributed by atoms with Gasteiger partial charge in [0, 0.05) is 16.7 Å². The molecule has 1 aromatic heterocycles. The maximum absolute atomic E-state index is 12.6. The van der Waals surface area contributed by atoms with Crippen LogP contribution in [0.3, 0.4) is 0 Å². The number of hydrogen-bond donors (Lipinski definition) is 1. The van der Waals surface area contributed by atoms with E-state index in [4.69, 9.17) is 0 Å². The van der Waals surface area contributed by atoms with E-state index in [1.165, 1.54) is 0 Å². The lowest BCUT2D eigenvalue weighted by Crippen LogP contribution is -2.37. The zero-order valence-corrected chi connectivity index (χ0v) is 14.4. The number of pyridine rings is 1. The third-order valence-corrected chi connectivity index (χ3v) is 4.62. The van der Waals surface area contributed by atoms with E-state index in [9.17, 15) is 9.59 Å². The van der Waals surface area contributed by atoms with Crippen LogP contribution in [0.2, 0.25) is 0 Å². The van der Waals surface area contributed by atoms with Crippen molar-refractivity contribution in [2.45, 2.75) is 38.3 Å². The van der Waals surface area contributed by atoms with Crippen LogP contribution in [-0.2, 0) is 6.54 Å². The lowest BCUT2D eigenvalue weighted by Gasteiger charge is -2.13. The highest BCUT2D eigenvalue weighted by molar-refractivity contribution is 9.10. The number of benzene rings is 1. The quantitative estimate of drug-likeness (QED) is 0.891. The molecule has 0 radical (unpaired) electrons. The molecule has 1 heterocycles. The fourth-order valence-electron chi connectivity index (χ4n) is 2.99. The largest absolute Gasteiger partial charge is 0.349 e. The second-order valence-electron chi connectivity index (χ2n) is 5.95. The summed E-state index contributed by atoms with van der Waals surface area (Å²) >= 11 is 3.40. The van der Waals surface area contributed by atoms with E-state index in [0.717, 1.165) is 35.7 Å². The van der Waals surface area contributed by atoms with Gasteiger partial charge in [0.2, 0.25) is 0 Å². The van der Waals surface area contributed by atoms with Crippen LogP contribution in [0.15, 0.2) is 51.9 Å². The summed E-state index contributed by atoms with van der Waals surface area (Å²) in [5.41, 5.74) is 0.963. The van der Waals surface area contributed by atoms with Gasteiger partial charge in [-0.15, -0.1) is 0 Å². The molecule has 1 saturated carbocycles. The number of halogens is 1. The Morgan fingerprint density at radius 2 is 1.91 bits per heavy atom. The molecule has 0 spiro atoms. The molecule has 0 unspecified atom stereocenters. The Hall–Kier alpha value is -1.88. The third-order valence-electron chi connectivity index (χ3n) is 4.18. The number of carbonyl (C=O) groups is 1. The molecule has 1 aromatic carbocycles. The van der Waals surface area contributed by atoms with Gasteiger partial charge in [-0.2, -0.15) is 0 Å². The monoisotopic (exact) mass is 374 g/mol. The molecule has 0 aliphatic heterocycles. The summed E-state index contributed by atoms with van der Waals surface area (Å²) in [6.07, 6.45) is 6.00. The van der Waals surface area contributed by atoms with Crippen molar-refractivity contribution in [1.82, 2.24) is 9.88 Å². The molecule has 1 aliphatic rings. The number of nitrogens with one attached hydrogen (secondary N) is 1. The average molecular weight is 375 g/mol. The van der Waals surface area contributed by atoms with Crippen molar-refractivity contribution in [1.29, 1.82) is 0 Å². The fourth-order valence-corrected chi connectivity index (χ4v) is 3.47. The van der Waals surface area contributed by atoms with E-state index in [2.05, 4.69) is 21.2 Å². The van der Waals surface area contributed by atoms with Crippen LogP contribution in [0.4, 0.5) is 0 Å². The van der Waals surface area contributed by atoms with E-state index in [1.54, 1.807) is 16.8 Å². The van der Waals surface area contributed by atoms with Crippen molar-refractivity contribution in [3.63, 3.8) is 0 Å². The van der Waals surface area contributed by atoms with Crippen LogP contribution in [0.1, 0.15) is 41.6 Å². The molecule has 0 atom stereocenters. The maximum atomic E-state index is 12.6. The summed E-state index contributed by atoms with van der Waals surface area (Å²) in [5.74, 6) is -0.273. The van der Waals surface area contributed by atoms with Gasteiger partial charge in [-0.1, -0.05) is 43.2 Å². The molecule has 1 aliphatic carbocycles. The van der Waals surface area contributed by atoms with Gasteiger partial charge >= 0.3 is 0 Å². The van der Waals surface area contributed by atoms with Crippen molar-refractivity contribution in [3.05, 3.63) is 68.5 Å². The Labute approximate surface area is 143 Å². The van der Waals surface area contributed by atoms with Crippen LogP contribution in [0, 0.1) is 0 Å². The predicted molar refractivity (Wildman–Crippen MR) is 93.7 cm³/mol. The van der Waals surface area contributed by atoms with E-state index in [-0.39, 0.29) is 23.1 Å². The minimum absolute atomic E-state index is 0.196. The number of amides is 1. The molecule has 1 fully saturated rings. The lowest BCUT2D eigenvalue weighted by atomic mass is 10.2. The van der Waals surface area contributed by atoms with Crippen molar-refractivity contribution in [2.24, 2.45) is 0 Å². The van der Waals surface area contributed by atoms with E-state index < -0.39 is 0 Å². The highest BCUT2D eigenvalue weighted by atomic mass is 79.9. The van der Waals surface area contributed by atoms with Crippen LogP contribution in [-0.4, -0.2) is 16.5 Å². The number of rotatable bonds is 4. The van der Waals surface area contributed by atoms with Crippen molar-refractivity contribution < 1.29 is 4.79 Å². The zero-order chi connectivity index (χ0) is 16.2. The number of aromatic nitrogens is 1. The first-order valence-corrected chi connectivity index (χ1v) is 8.67. The van der Waals surface area contributed by atoms with Crippen LogP contribution < -0.4 is 10.9 Å². The molecule has 2 aromatic rings. The third kappa shape index (κ3) is 3.91. The first kappa shape index (κ1) is 16.0. The summed E-state index contributed by atoms with van der Waals surface area (Å²) in [4.78, 5) is 25.1. The second kappa shape index (κ2) is 7.13. The Balaban J connectivity index is 1.86. The Morgan fingerprint density at radius 3 is 2.61 bits per heavy atom. The van der Waals surface area contributed by atoms with Crippen LogP contribution >= 0.6 is 15.9 Å². The molecule has 3 rings (SSSR count). The molecule has 23 heavy (non-hydrogen) atoms. The van der Waals surface area contributed by atoms with Crippen molar-refractivity contribution in [2.75, 3.05) is 0 Å². The van der Waals surface area contributed by atoms with Gasteiger partial charge < -0.3 is 9.88 Å². The fraction of sp³-hybridized carbons (Fsp3) is 0.333. The first-order valence-electron chi connectivity index (χ1n) is 7.88. The second-order valence-corrected chi connectivity index (χ2v) is 6.86. The molecule has 120 valence electrons. The van der Waals surface area contributed by atoms with Crippen LogP contribution in [0.25, 0.3) is 0 Å². The molecule has 0 bridgehead atoms. The number of carbonyl (C=O) groups excluding carboxylic acids is 1. The molecular weight excluding hydrogens is 356 g/mol. The summed E-state index contributed by atoms with van der Waals surface area (Å²) in [6, 6.07) is 11.5. The van der Waals surface area contributed by atoms with Gasteiger partial charge in [0.05, 0.1) is 6.54 Å². The van der Waals surface area contributed by atoms with Gasteiger partial charge in [-0.3, -0.25) is 9.59 Å². The molecule has 5 heteroatoms. The molecule has 1 amide bonds. The van der Waals surface area contributed by atoms with Crippen molar-refractivity contribution in [3.8, 4) is 0 Å². The highest BCUT2D eigenvalue weighted by Crippen LogP contribution is 2.18. The predicted octanol–water partition coefficient (Wildman–Crippen LogP) is 3.33. The molecular formula is C18H19BrN2O2. The van der Waals surface area contributed by atoms with E-state index in [1.807, 2.05) is 30.3 Å². The van der Waals surface area contributed by atoms with Gasteiger partial charge in [-0.25, -0.2) is 0 Å². The lowest BCUT2D eigenvalue weighted by molar-refractivity contribution is 0.0935. The van der Waals surface area contributed by atoms with Gasteiger partial charge in [0.25, 0.3) is 11.5 Å². The number of hydrogen-bond acceptors (Lipinski definition) is 2. The topological polar surface area (TPSA) is 51.1 Å². The molecule has 0 saturated heterocycles. The van der Waals surface area contributed by atoms with Crippen LogP contribution in [0.5, 0.6) is 0 Å². The Morgan fingerprint density at radius 1 is 1.22 bits per heavy atom. The Bertz CT molecular complexity index is 749. The molecule has 4 nitrogen and oxygen atoms in total. The van der Waals surface area contributed by atoms with E-state index >= 15 is 0 Å².